The summed E-state index contributed by atoms with van der Waals surface area (Å²) in [5, 5.41) is 2.98. The number of aryl methyl sites for hydroxylation is 1. The number of nitrogens with zero attached hydrogens (tertiary/aromatic N) is 1. The maximum absolute atomic E-state index is 12.4. The molecule has 0 saturated heterocycles. The van der Waals surface area contributed by atoms with Crippen molar-refractivity contribution in [1.82, 2.24) is 10.3 Å². The van der Waals surface area contributed by atoms with Gasteiger partial charge in [-0.15, -0.1) is 24.8 Å². The van der Waals surface area contributed by atoms with Gasteiger partial charge >= 0.3 is 0 Å². The second-order valence-corrected chi connectivity index (χ2v) is 5.84. The first-order valence-corrected chi connectivity index (χ1v) is 7.53. The Kier molecular flexibility index (Phi) is 9.66. The molecule has 0 aliphatic carbocycles. The van der Waals surface area contributed by atoms with E-state index in [-0.39, 0.29) is 36.8 Å². The maximum Gasteiger partial charge on any atom is 0.253 e. The summed E-state index contributed by atoms with van der Waals surface area (Å²) < 4.78 is 5.32. The lowest BCUT2D eigenvalue weighted by Gasteiger charge is -2.19. The summed E-state index contributed by atoms with van der Waals surface area (Å²) in [6.45, 7) is 6.47. The first kappa shape index (κ1) is 22.4. The summed E-state index contributed by atoms with van der Waals surface area (Å²) in [6, 6.07) is 7.20. The fraction of sp³-hybridized carbons (Fsp3) is 0.412. The second-order valence-electron chi connectivity index (χ2n) is 5.84. The van der Waals surface area contributed by atoms with Crippen LogP contribution in [-0.4, -0.2) is 23.5 Å². The summed E-state index contributed by atoms with van der Waals surface area (Å²) in [7, 11) is 0. The van der Waals surface area contributed by atoms with Gasteiger partial charge < -0.3 is 15.5 Å². The van der Waals surface area contributed by atoms with E-state index in [0.29, 0.717) is 29.5 Å². The van der Waals surface area contributed by atoms with Crippen molar-refractivity contribution in [2.75, 3.05) is 6.54 Å². The highest BCUT2D eigenvalue weighted by atomic mass is 35.5. The lowest BCUT2D eigenvalue weighted by atomic mass is 10.0. The first-order chi connectivity index (χ1) is 10.5. The third kappa shape index (κ3) is 5.82. The van der Waals surface area contributed by atoms with Crippen molar-refractivity contribution in [2.24, 2.45) is 11.7 Å². The van der Waals surface area contributed by atoms with E-state index < -0.39 is 0 Å². The molecule has 1 amide bonds. The zero-order chi connectivity index (χ0) is 16.1. The quantitative estimate of drug-likeness (QED) is 0.810. The fourth-order valence-corrected chi connectivity index (χ4v) is 2.41. The number of carbonyl (C=O) groups is 1. The van der Waals surface area contributed by atoms with Crippen LogP contribution in [0.1, 0.15) is 36.3 Å². The van der Waals surface area contributed by atoms with Crippen molar-refractivity contribution in [3.8, 4) is 11.5 Å². The van der Waals surface area contributed by atoms with Gasteiger partial charge in [0, 0.05) is 12.6 Å². The van der Waals surface area contributed by atoms with Crippen LogP contribution in [0.5, 0.6) is 0 Å². The van der Waals surface area contributed by atoms with Crippen molar-refractivity contribution in [2.45, 2.75) is 33.2 Å². The molecular formula is C17H25Cl2N3O2. The molecule has 0 saturated carbocycles. The van der Waals surface area contributed by atoms with E-state index >= 15 is 0 Å². The van der Waals surface area contributed by atoms with Crippen LogP contribution in [0.3, 0.4) is 0 Å². The van der Waals surface area contributed by atoms with Crippen LogP contribution < -0.4 is 11.1 Å². The zero-order valence-corrected chi connectivity index (χ0v) is 15.7. The monoisotopic (exact) mass is 373 g/mol. The SMILES string of the molecule is Cc1nc(-c2ccco2)ccc1C(=O)NC(CN)CC(C)C.Cl.Cl. The zero-order valence-electron chi connectivity index (χ0n) is 14.1. The van der Waals surface area contributed by atoms with Crippen molar-refractivity contribution >= 4 is 30.7 Å². The van der Waals surface area contributed by atoms with Crippen molar-refractivity contribution < 1.29 is 9.21 Å². The van der Waals surface area contributed by atoms with E-state index in [1.165, 1.54) is 0 Å². The molecule has 2 aromatic heterocycles. The van der Waals surface area contributed by atoms with Gasteiger partial charge in [0.15, 0.2) is 5.76 Å². The van der Waals surface area contributed by atoms with Gasteiger partial charge in [0.25, 0.3) is 5.91 Å². The standard InChI is InChI=1S/C17H23N3O2.2ClH/c1-11(2)9-13(10-18)20-17(21)14-6-7-15(19-12(14)3)16-5-4-8-22-16;;/h4-8,11,13H,9-10,18H2,1-3H3,(H,20,21);2*1H. The van der Waals surface area contributed by atoms with Crippen LogP contribution in [0.4, 0.5) is 0 Å². The summed E-state index contributed by atoms with van der Waals surface area (Å²) in [4.78, 5) is 16.8. The average molecular weight is 374 g/mol. The van der Waals surface area contributed by atoms with Gasteiger partial charge in [0.05, 0.1) is 17.5 Å². The smallest absolute Gasteiger partial charge is 0.253 e. The highest BCUT2D eigenvalue weighted by Gasteiger charge is 2.16. The van der Waals surface area contributed by atoms with Crippen LogP contribution in [0.25, 0.3) is 11.5 Å². The van der Waals surface area contributed by atoms with E-state index in [0.717, 1.165) is 12.1 Å². The number of rotatable bonds is 6. The Balaban J connectivity index is 0.00000264. The van der Waals surface area contributed by atoms with Crippen LogP contribution in [0.2, 0.25) is 0 Å². The predicted octanol–water partition coefficient (Wildman–Crippen LogP) is 3.60. The molecule has 1 unspecified atom stereocenters. The Morgan fingerprint density at radius 2 is 2.00 bits per heavy atom. The molecule has 3 N–H and O–H groups in total. The van der Waals surface area contributed by atoms with E-state index in [1.54, 1.807) is 18.4 Å². The molecule has 5 nitrogen and oxygen atoms in total. The largest absolute Gasteiger partial charge is 0.463 e. The summed E-state index contributed by atoms with van der Waals surface area (Å²) in [6.07, 6.45) is 2.46. The normalized spacial score (nSPS) is 11.4. The second kappa shape index (κ2) is 10.3. The molecule has 134 valence electrons. The number of pyridine rings is 1. The molecule has 24 heavy (non-hydrogen) atoms. The average Bonchev–Trinajstić information content (AvgIpc) is 2.99. The molecule has 2 heterocycles. The molecule has 0 bridgehead atoms. The number of furan rings is 1. The molecule has 0 aliphatic rings. The molecule has 1 atom stereocenters. The van der Waals surface area contributed by atoms with Gasteiger partial charge in [-0.25, -0.2) is 4.98 Å². The number of nitrogens with two attached hydrogens (primary N) is 1. The summed E-state index contributed by atoms with van der Waals surface area (Å²) >= 11 is 0. The Bertz CT molecular complexity index is 631. The van der Waals surface area contributed by atoms with Crippen molar-refractivity contribution in [3.63, 3.8) is 0 Å². The van der Waals surface area contributed by atoms with Gasteiger partial charge in [0.1, 0.15) is 5.69 Å². The number of nitrogens with one attached hydrogen (secondary N) is 1. The lowest BCUT2D eigenvalue weighted by Crippen LogP contribution is -2.41. The van der Waals surface area contributed by atoms with Crippen LogP contribution in [0.15, 0.2) is 34.9 Å². The van der Waals surface area contributed by atoms with E-state index in [4.69, 9.17) is 10.2 Å². The van der Waals surface area contributed by atoms with Crippen LogP contribution >= 0.6 is 24.8 Å². The van der Waals surface area contributed by atoms with Gasteiger partial charge in [-0.05, 0) is 43.5 Å². The predicted molar refractivity (Wildman–Crippen MR) is 101 cm³/mol. The number of aromatic nitrogens is 1. The Morgan fingerprint density at radius 1 is 1.29 bits per heavy atom. The molecule has 2 aromatic rings. The first-order valence-electron chi connectivity index (χ1n) is 7.53. The minimum absolute atomic E-state index is 0. The molecule has 0 aliphatic heterocycles. The Hall–Kier alpha value is -1.56. The molecular weight excluding hydrogens is 349 g/mol. The fourth-order valence-electron chi connectivity index (χ4n) is 2.41. The molecule has 0 aromatic carbocycles. The Morgan fingerprint density at radius 3 is 2.50 bits per heavy atom. The van der Waals surface area contributed by atoms with E-state index in [9.17, 15) is 4.79 Å². The highest BCUT2D eigenvalue weighted by Crippen LogP contribution is 2.19. The number of hydrogen-bond acceptors (Lipinski definition) is 4. The Labute approximate surface area is 155 Å². The topological polar surface area (TPSA) is 81.2 Å². The van der Waals surface area contributed by atoms with Gasteiger partial charge in [-0.1, -0.05) is 13.8 Å². The molecule has 7 heteroatoms. The summed E-state index contributed by atoms with van der Waals surface area (Å²) in [5.74, 6) is 1.04. The molecule has 2 rings (SSSR count). The van der Waals surface area contributed by atoms with E-state index in [2.05, 4.69) is 24.1 Å². The molecule has 0 spiro atoms. The molecule has 0 radical (unpaired) electrons. The third-order valence-electron chi connectivity index (χ3n) is 3.48. The minimum atomic E-state index is -0.132. The van der Waals surface area contributed by atoms with Crippen molar-refractivity contribution in [1.29, 1.82) is 0 Å². The highest BCUT2D eigenvalue weighted by molar-refractivity contribution is 5.95. The van der Waals surface area contributed by atoms with Crippen LogP contribution in [0, 0.1) is 12.8 Å². The van der Waals surface area contributed by atoms with Gasteiger partial charge in [-0.2, -0.15) is 0 Å². The lowest BCUT2D eigenvalue weighted by molar-refractivity contribution is 0.0932. The van der Waals surface area contributed by atoms with Gasteiger partial charge in [-0.3, -0.25) is 4.79 Å². The molecule has 0 fully saturated rings. The van der Waals surface area contributed by atoms with E-state index in [1.807, 2.05) is 19.1 Å². The number of amides is 1. The van der Waals surface area contributed by atoms with Crippen molar-refractivity contribution in [3.05, 3.63) is 41.8 Å². The number of carbonyl (C=O) groups excluding carboxylic acids is 1. The summed E-state index contributed by atoms with van der Waals surface area (Å²) in [5.41, 5.74) is 7.69. The number of hydrogen-bond donors (Lipinski definition) is 2. The maximum atomic E-state index is 12.4. The van der Waals surface area contributed by atoms with Gasteiger partial charge in [0.2, 0.25) is 0 Å². The third-order valence-corrected chi connectivity index (χ3v) is 3.48. The minimum Gasteiger partial charge on any atom is -0.463 e. The van der Waals surface area contributed by atoms with Crippen LogP contribution in [-0.2, 0) is 0 Å². The number of halogens is 2.